The third-order valence-electron chi connectivity index (χ3n) is 3.03. The van der Waals surface area contributed by atoms with Crippen LogP contribution in [-0.2, 0) is 16.1 Å². The molecular weight excluding hydrogens is 294 g/mol. The second-order valence-corrected chi connectivity index (χ2v) is 4.71. The molecule has 1 rings (SSSR count). The van der Waals surface area contributed by atoms with Crippen LogP contribution in [-0.4, -0.2) is 32.8 Å². The van der Waals surface area contributed by atoms with E-state index in [0.717, 1.165) is 17.7 Å². The Kier molecular flexibility index (Phi) is 8.94. The standard InChI is InChI=1S/C17H23N3O3/c1-3-23-10-4-9-20-17(21)15(11-18)13-19-12-14-5-7-16(22-2)8-6-14/h5-8,13,19H,3-4,9-10,12H2,1-2H3,(H,20,21)/b15-13-. The first-order valence-electron chi connectivity index (χ1n) is 7.53. The van der Waals surface area contributed by atoms with E-state index in [-0.39, 0.29) is 11.5 Å². The number of nitriles is 1. The van der Waals surface area contributed by atoms with Crippen LogP contribution in [0.5, 0.6) is 5.75 Å². The summed E-state index contributed by atoms with van der Waals surface area (Å²) >= 11 is 0. The first-order chi connectivity index (χ1) is 11.2. The second-order valence-electron chi connectivity index (χ2n) is 4.71. The molecule has 1 aromatic carbocycles. The van der Waals surface area contributed by atoms with Gasteiger partial charge >= 0.3 is 0 Å². The van der Waals surface area contributed by atoms with Gasteiger partial charge in [-0.1, -0.05) is 12.1 Å². The Balaban J connectivity index is 2.39. The molecule has 23 heavy (non-hydrogen) atoms. The summed E-state index contributed by atoms with van der Waals surface area (Å²) in [5.74, 6) is 0.402. The minimum absolute atomic E-state index is 0.0509. The molecule has 1 aromatic rings. The molecule has 0 aliphatic rings. The lowest BCUT2D eigenvalue weighted by Crippen LogP contribution is -2.27. The number of nitrogens with one attached hydrogen (secondary N) is 2. The molecule has 0 aromatic heterocycles. The summed E-state index contributed by atoms with van der Waals surface area (Å²) in [6.45, 7) is 4.18. The predicted octanol–water partition coefficient (Wildman–Crippen LogP) is 1.74. The number of nitrogens with zero attached hydrogens (tertiary/aromatic N) is 1. The van der Waals surface area contributed by atoms with Gasteiger partial charge in [0, 0.05) is 32.5 Å². The molecule has 2 N–H and O–H groups in total. The van der Waals surface area contributed by atoms with Gasteiger partial charge in [-0.15, -0.1) is 0 Å². The molecule has 0 unspecified atom stereocenters. The van der Waals surface area contributed by atoms with Crippen molar-refractivity contribution >= 4 is 5.91 Å². The molecule has 0 aliphatic heterocycles. The Morgan fingerprint density at radius 1 is 1.35 bits per heavy atom. The number of methoxy groups -OCH3 is 1. The fourth-order valence-electron chi connectivity index (χ4n) is 1.78. The molecule has 6 nitrogen and oxygen atoms in total. The topological polar surface area (TPSA) is 83.4 Å². The van der Waals surface area contributed by atoms with Crippen LogP contribution < -0.4 is 15.4 Å². The quantitative estimate of drug-likeness (QED) is 0.390. The molecule has 0 saturated carbocycles. The summed E-state index contributed by atoms with van der Waals surface area (Å²) in [6.07, 6.45) is 2.15. The van der Waals surface area contributed by atoms with E-state index < -0.39 is 0 Å². The number of rotatable bonds is 10. The minimum atomic E-state index is -0.383. The maximum absolute atomic E-state index is 11.8. The van der Waals surface area contributed by atoms with Crippen LogP contribution >= 0.6 is 0 Å². The molecule has 0 heterocycles. The second kappa shape index (κ2) is 11.1. The van der Waals surface area contributed by atoms with Gasteiger partial charge in [0.2, 0.25) is 0 Å². The van der Waals surface area contributed by atoms with Crippen molar-refractivity contribution in [3.8, 4) is 11.8 Å². The van der Waals surface area contributed by atoms with Gasteiger partial charge in [0.15, 0.2) is 0 Å². The van der Waals surface area contributed by atoms with Crippen molar-refractivity contribution in [1.82, 2.24) is 10.6 Å². The molecule has 0 radical (unpaired) electrons. The van der Waals surface area contributed by atoms with Gasteiger partial charge in [-0.05, 0) is 31.0 Å². The number of carbonyl (C=O) groups is 1. The molecule has 0 saturated heterocycles. The van der Waals surface area contributed by atoms with Crippen LogP contribution in [0, 0.1) is 11.3 Å². The Bertz CT molecular complexity index is 547. The highest BCUT2D eigenvalue weighted by Gasteiger charge is 2.07. The molecule has 0 atom stereocenters. The van der Waals surface area contributed by atoms with Gasteiger partial charge in [0.1, 0.15) is 17.4 Å². The van der Waals surface area contributed by atoms with E-state index >= 15 is 0 Å². The Morgan fingerprint density at radius 2 is 2.09 bits per heavy atom. The zero-order valence-corrected chi connectivity index (χ0v) is 13.6. The fourth-order valence-corrected chi connectivity index (χ4v) is 1.78. The molecule has 0 fully saturated rings. The summed E-state index contributed by atoms with van der Waals surface area (Å²) in [7, 11) is 1.61. The summed E-state index contributed by atoms with van der Waals surface area (Å²) in [4.78, 5) is 11.8. The summed E-state index contributed by atoms with van der Waals surface area (Å²) in [5, 5.41) is 14.7. The maximum Gasteiger partial charge on any atom is 0.263 e. The Morgan fingerprint density at radius 3 is 2.70 bits per heavy atom. The third-order valence-corrected chi connectivity index (χ3v) is 3.03. The molecule has 0 bridgehead atoms. The Labute approximate surface area is 137 Å². The van der Waals surface area contributed by atoms with E-state index in [1.54, 1.807) is 7.11 Å². The van der Waals surface area contributed by atoms with Crippen LogP contribution in [0.1, 0.15) is 18.9 Å². The van der Waals surface area contributed by atoms with E-state index in [0.29, 0.717) is 26.3 Å². The number of amides is 1. The van der Waals surface area contributed by atoms with Gasteiger partial charge in [0.25, 0.3) is 5.91 Å². The number of hydrogen-bond donors (Lipinski definition) is 2. The SMILES string of the molecule is CCOCCCNC(=O)/C(C#N)=C\NCc1ccc(OC)cc1. The van der Waals surface area contributed by atoms with Gasteiger partial charge < -0.3 is 20.1 Å². The van der Waals surface area contributed by atoms with Crippen molar-refractivity contribution in [3.63, 3.8) is 0 Å². The lowest BCUT2D eigenvalue weighted by molar-refractivity contribution is -0.117. The third kappa shape index (κ3) is 7.34. The van der Waals surface area contributed by atoms with Gasteiger partial charge in [-0.25, -0.2) is 0 Å². The highest BCUT2D eigenvalue weighted by atomic mass is 16.5. The van der Waals surface area contributed by atoms with Crippen LogP contribution in [0.25, 0.3) is 0 Å². The van der Waals surface area contributed by atoms with Gasteiger partial charge in [0.05, 0.1) is 7.11 Å². The lowest BCUT2D eigenvalue weighted by Gasteiger charge is -2.06. The molecule has 124 valence electrons. The first-order valence-corrected chi connectivity index (χ1v) is 7.53. The van der Waals surface area contributed by atoms with E-state index in [4.69, 9.17) is 14.7 Å². The van der Waals surface area contributed by atoms with Crippen LogP contribution in [0.2, 0.25) is 0 Å². The zero-order chi connectivity index (χ0) is 16.9. The Hall–Kier alpha value is -2.52. The monoisotopic (exact) mass is 317 g/mol. The molecule has 1 amide bonds. The fraction of sp³-hybridized carbons (Fsp3) is 0.412. The largest absolute Gasteiger partial charge is 0.497 e. The number of ether oxygens (including phenoxy) is 2. The first kappa shape index (κ1) is 18.5. The van der Waals surface area contributed by atoms with E-state index in [1.807, 2.05) is 37.3 Å². The van der Waals surface area contributed by atoms with Crippen molar-refractivity contribution in [2.45, 2.75) is 19.9 Å². The number of carbonyl (C=O) groups excluding carboxylic acids is 1. The van der Waals surface area contributed by atoms with Crippen LogP contribution in [0.4, 0.5) is 0 Å². The maximum atomic E-state index is 11.8. The van der Waals surface area contributed by atoms with Crippen molar-refractivity contribution in [2.24, 2.45) is 0 Å². The number of hydrogen-bond acceptors (Lipinski definition) is 5. The van der Waals surface area contributed by atoms with E-state index in [1.165, 1.54) is 6.20 Å². The summed E-state index contributed by atoms with van der Waals surface area (Å²) < 4.78 is 10.3. The van der Waals surface area contributed by atoms with Crippen LogP contribution in [0.15, 0.2) is 36.0 Å². The van der Waals surface area contributed by atoms with Crippen molar-refractivity contribution < 1.29 is 14.3 Å². The predicted molar refractivity (Wildman–Crippen MR) is 87.6 cm³/mol. The summed E-state index contributed by atoms with van der Waals surface area (Å²) in [5.41, 5.74) is 1.08. The average Bonchev–Trinajstić information content (AvgIpc) is 2.59. The average molecular weight is 317 g/mol. The molecule has 0 spiro atoms. The summed E-state index contributed by atoms with van der Waals surface area (Å²) in [6, 6.07) is 9.44. The molecule has 6 heteroatoms. The van der Waals surface area contributed by atoms with Crippen molar-refractivity contribution in [2.75, 3.05) is 26.9 Å². The van der Waals surface area contributed by atoms with Crippen molar-refractivity contribution in [3.05, 3.63) is 41.6 Å². The van der Waals surface area contributed by atoms with Gasteiger partial charge in [-0.3, -0.25) is 4.79 Å². The minimum Gasteiger partial charge on any atom is -0.497 e. The van der Waals surface area contributed by atoms with E-state index in [9.17, 15) is 4.79 Å². The van der Waals surface area contributed by atoms with Gasteiger partial charge in [-0.2, -0.15) is 5.26 Å². The smallest absolute Gasteiger partial charge is 0.263 e. The molecular formula is C17H23N3O3. The highest BCUT2D eigenvalue weighted by Crippen LogP contribution is 2.10. The zero-order valence-electron chi connectivity index (χ0n) is 13.6. The number of benzene rings is 1. The van der Waals surface area contributed by atoms with E-state index in [2.05, 4.69) is 10.6 Å². The highest BCUT2D eigenvalue weighted by molar-refractivity contribution is 5.97. The normalized spacial score (nSPS) is 10.7. The van der Waals surface area contributed by atoms with Crippen LogP contribution in [0.3, 0.4) is 0 Å². The van der Waals surface area contributed by atoms with Crippen molar-refractivity contribution in [1.29, 1.82) is 5.26 Å². The molecule has 0 aliphatic carbocycles. The lowest BCUT2D eigenvalue weighted by atomic mass is 10.2.